The first-order valence-corrected chi connectivity index (χ1v) is 9.22. The Kier molecular flexibility index (Phi) is 5.60. The van der Waals surface area contributed by atoms with E-state index in [1.807, 2.05) is 0 Å². The Hall–Kier alpha value is -3.46. The zero-order chi connectivity index (χ0) is 23.2. The summed E-state index contributed by atoms with van der Waals surface area (Å²) >= 11 is 5.94. The highest BCUT2D eigenvalue weighted by Gasteiger charge is 2.29. The minimum absolute atomic E-state index is 0.0105. The van der Waals surface area contributed by atoms with Gasteiger partial charge in [-0.25, -0.2) is 26.3 Å². The van der Waals surface area contributed by atoms with Crippen LogP contribution in [0.3, 0.4) is 0 Å². The second-order valence-electron chi connectivity index (χ2n) is 6.57. The van der Waals surface area contributed by atoms with Crippen LogP contribution < -0.4 is 9.47 Å². The number of hydrogen-bond donors (Lipinski definition) is 0. The predicted molar refractivity (Wildman–Crippen MR) is 101 cm³/mol. The van der Waals surface area contributed by atoms with Crippen molar-refractivity contribution in [3.8, 4) is 11.5 Å². The van der Waals surface area contributed by atoms with E-state index in [9.17, 15) is 31.1 Å². The average molecular weight is 471 g/mol. The molecule has 0 N–H and O–H groups in total. The first-order chi connectivity index (χ1) is 15.2. The summed E-state index contributed by atoms with van der Waals surface area (Å²) in [5.74, 6) is -12.1. The van der Waals surface area contributed by atoms with Crippen LogP contribution in [0.2, 0.25) is 5.02 Å². The molecule has 4 rings (SSSR count). The van der Waals surface area contributed by atoms with Crippen molar-refractivity contribution < 1.29 is 40.6 Å². The fraction of sp³-hybridized carbons (Fsp3) is 0.0455. The molecule has 0 spiro atoms. The molecular formula is C22H9ClF6O3. The van der Waals surface area contributed by atoms with Crippen molar-refractivity contribution in [3.05, 3.63) is 98.8 Å². The SMILES string of the molecule is O=C1/C(=C/c2c(F)cccc2Cl)Oc2cc(OCc3c(F)c(F)c(F)c(F)c3F)ccc21. The molecule has 0 aromatic heterocycles. The molecule has 0 fully saturated rings. The number of allylic oxidation sites excluding steroid dienone is 1. The lowest BCUT2D eigenvalue weighted by molar-refractivity contribution is 0.101. The van der Waals surface area contributed by atoms with Gasteiger partial charge in [0, 0.05) is 11.6 Å². The van der Waals surface area contributed by atoms with Gasteiger partial charge < -0.3 is 9.47 Å². The molecule has 1 aliphatic heterocycles. The summed E-state index contributed by atoms with van der Waals surface area (Å²) in [6.45, 7) is -0.980. The van der Waals surface area contributed by atoms with Gasteiger partial charge in [0.25, 0.3) is 0 Å². The number of halogens is 7. The van der Waals surface area contributed by atoms with Gasteiger partial charge in [0.15, 0.2) is 29.0 Å². The fourth-order valence-corrected chi connectivity index (χ4v) is 3.19. The highest BCUT2D eigenvalue weighted by molar-refractivity contribution is 6.32. The molecule has 32 heavy (non-hydrogen) atoms. The van der Waals surface area contributed by atoms with Gasteiger partial charge in [-0.2, -0.15) is 0 Å². The highest BCUT2D eigenvalue weighted by Crippen LogP contribution is 2.36. The molecule has 0 bridgehead atoms. The van der Waals surface area contributed by atoms with Crippen LogP contribution in [0.15, 0.2) is 42.2 Å². The quantitative estimate of drug-likeness (QED) is 0.192. The molecule has 0 aliphatic carbocycles. The smallest absolute Gasteiger partial charge is 0.231 e. The van der Waals surface area contributed by atoms with Gasteiger partial charge in [0.1, 0.15) is 23.9 Å². The third-order valence-corrected chi connectivity index (χ3v) is 4.93. The van der Waals surface area contributed by atoms with Crippen molar-refractivity contribution in [1.29, 1.82) is 0 Å². The maximum atomic E-state index is 14.0. The number of carbonyl (C=O) groups is 1. The van der Waals surface area contributed by atoms with Crippen molar-refractivity contribution >= 4 is 23.5 Å². The molecule has 0 radical (unpaired) electrons. The first kappa shape index (κ1) is 21.8. The number of Topliss-reactive ketones (excluding diaryl/α,β-unsaturated/α-hetero) is 1. The average Bonchev–Trinajstić information content (AvgIpc) is 3.08. The molecular weight excluding hydrogens is 462 g/mol. The largest absolute Gasteiger partial charge is 0.489 e. The molecule has 3 aromatic rings. The van der Waals surface area contributed by atoms with E-state index in [0.29, 0.717) is 0 Å². The minimum Gasteiger partial charge on any atom is -0.489 e. The number of hydrogen-bond acceptors (Lipinski definition) is 3. The van der Waals surface area contributed by atoms with Crippen LogP contribution in [-0.4, -0.2) is 5.78 Å². The standard InChI is InChI=1S/C22H9ClF6O3/c23-13-2-1-3-14(24)11(13)7-16-22(30)10-5-4-9(6-15(10)32-16)31-8-12-17(25)19(27)21(29)20(28)18(12)26/h1-7H,8H2/b16-7-. The summed E-state index contributed by atoms with van der Waals surface area (Å²) in [6, 6.07) is 7.66. The van der Waals surface area contributed by atoms with E-state index >= 15 is 0 Å². The van der Waals surface area contributed by atoms with E-state index in [1.54, 1.807) is 0 Å². The molecule has 164 valence electrons. The Balaban J connectivity index is 1.59. The fourth-order valence-electron chi connectivity index (χ4n) is 2.97. The predicted octanol–water partition coefficient (Wildman–Crippen LogP) is 6.37. The molecule has 0 saturated carbocycles. The monoisotopic (exact) mass is 470 g/mol. The maximum Gasteiger partial charge on any atom is 0.231 e. The highest BCUT2D eigenvalue weighted by atomic mass is 35.5. The second-order valence-corrected chi connectivity index (χ2v) is 6.98. The second kappa shape index (κ2) is 8.23. The molecule has 0 amide bonds. The van der Waals surface area contributed by atoms with Crippen LogP contribution in [0, 0.1) is 34.9 Å². The topological polar surface area (TPSA) is 35.5 Å². The summed E-state index contributed by atoms with van der Waals surface area (Å²) in [6.07, 6.45) is 1.12. The van der Waals surface area contributed by atoms with Crippen LogP contribution in [0.4, 0.5) is 26.3 Å². The molecule has 0 saturated heterocycles. The van der Waals surface area contributed by atoms with Crippen LogP contribution in [0.25, 0.3) is 6.08 Å². The van der Waals surface area contributed by atoms with Gasteiger partial charge in [0.05, 0.1) is 16.1 Å². The van der Waals surface area contributed by atoms with Crippen molar-refractivity contribution in [2.24, 2.45) is 0 Å². The summed E-state index contributed by atoms with van der Waals surface area (Å²) in [7, 11) is 0. The Morgan fingerprint density at radius 3 is 2.22 bits per heavy atom. The zero-order valence-electron chi connectivity index (χ0n) is 15.6. The lowest BCUT2D eigenvalue weighted by Gasteiger charge is -2.10. The lowest BCUT2D eigenvalue weighted by Crippen LogP contribution is -2.09. The number of carbonyl (C=O) groups excluding carboxylic acids is 1. The number of ketones is 1. The van der Waals surface area contributed by atoms with Crippen LogP contribution in [0.1, 0.15) is 21.5 Å². The number of fused-ring (bicyclic) bond motifs is 1. The minimum atomic E-state index is -2.28. The van der Waals surface area contributed by atoms with Gasteiger partial charge in [0.2, 0.25) is 11.6 Å². The van der Waals surface area contributed by atoms with Gasteiger partial charge in [-0.3, -0.25) is 4.79 Å². The molecule has 10 heteroatoms. The summed E-state index contributed by atoms with van der Waals surface area (Å²) in [5, 5.41) is 0.0525. The summed E-state index contributed by atoms with van der Waals surface area (Å²) < 4.78 is 91.8. The first-order valence-electron chi connectivity index (χ1n) is 8.84. The lowest BCUT2D eigenvalue weighted by atomic mass is 10.1. The third-order valence-electron chi connectivity index (χ3n) is 4.60. The number of benzene rings is 3. The van der Waals surface area contributed by atoms with Crippen molar-refractivity contribution in [2.75, 3.05) is 0 Å². The van der Waals surface area contributed by atoms with Gasteiger partial charge >= 0.3 is 0 Å². The number of ether oxygens (including phenoxy) is 2. The Morgan fingerprint density at radius 2 is 1.56 bits per heavy atom. The van der Waals surface area contributed by atoms with Crippen molar-refractivity contribution in [3.63, 3.8) is 0 Å². The van der Waals surface area contributed by atoms with Crippen molar-refractivity contribution in [1.82, 2.24) is 0 Å². The Bertz CT molecular complexity index is 1260. The third kappa shape index (κ3) is 3.69. The zero-order valence-corrected chi connectivity index (χ0v) is 16.4. The Morgan fingerprint density at radius 1 is 0.906 bits per heavy atom. The van der Waals surface area contributed by atoms with E-state index in [-0.39, 0.29) is 33.4 Å². The van der Waals surface area contributed by atoms with Crippen LogP contribution in [-0.2, 0) is 6.61 Å². The van der Waals surface area contributed by atoms with Crippen LogP contribution >= 0.6 is 11.6 Å². The molecule has 0 atom stereocenters. The summed E-state index contributed by atoms with van der Waals surface area (Å²) in [4.78, 5) is 12.5. The number of rotatable bonds is 4. The molecule has 3 nitrogen and oxygen atoms in total. The summed E-state index contributed by atoms with van der Waals surface area (Å²) in [5.41, 5.74) is -1.13. The molecule has 1 aliphatic rings. The van der Waals surface area contributed by atoms with Crippen LogP contribution in [0.5, 0.6) is 11.5 Å². The molecule has 0 unspecified atom stereocenters. The molecule has 1 heterocycles. The maximum absolute atomic E-state index is 14.0. The van der Waals surface area contributed by atoms with Gasteiger partial charge in [-0.15, -0.1) is 0 Å². The van der Waals surface area contributed by atoms with E-state index in [0.717, 1.165) is 12.1 Å². The van der Waals surface area contributed by atoms with E-state index < -0.39 is 52.9 Å². The van der Waals surface area contributed by atoms with Gasteiger partial charge in [-0.05, 0) is 30.3 Å². The normalized spacial score (nSPS) is 14.0. The van der Waals surface area contributed by atoms with Crippen molar-refractivity contribution in [2.45, 2.75) is 6.61 Å². The molecule has 3 aromatic carbocycles. The van der Waals surface area contributed by atoms with E-state index in [4.69, 9.17) is 21.1 Å². The van der Waals surface area contributed by atoms with Gasteiger partial charge in [-0.1, -0.05) is 17.7 Å². The van der Waals surface area contributed by atoms with E-state index in [1.165, 1.54) is 30.3 Å². The Labute approximate surface area is 181 Å². The van der Waals surface area contributed by atoms with E-state index in [2.05, 4.69) is 0 Å².